The van der Waals surface area contributed by atoms with E-state index in [9.17, 15) is 5.26 Å². The van der Waals surface area contributed by atoms with Crippen molar-refractivity contribution in [3.63, 3.8) is 0 Å². The van der Waals surface area contributed by atoms with Crippen LogP contribution in [0.2, 0.25) is 0 Å². The number of hydrogen-bond acceptors (Lipinski definition) is 3. The smallest absolute Gasteiger partial charge is 0.0672 e. The van der Waals surface area contributed by atoms with Gasteiger partial charge in [-0.25, -0.2) is 0 Å². The molecule has 0 amide bonds. The molecule has 108 valence electrons. The highest BCUT2D eigenvalue weighted by Gasteiger charge is 2.38. The average Bonchev–Trinajstić information content (AvgIpc) is 2.42. The van der Waals surface area contributed by atoms with Crippen LogP contribution >= 0.6 is 11.8 Å². The van der Waals surface area contributed by atoms with Gasteiger partial charge in [0.15, 0.2) is 0 Å². The molecule has 2 rings (SSSR count). The summed E-state index contributed by atoms with van der Waals surface area (Å²) in [6.45, 7) is 8.16. The van der Waals surface area contributed by atoms with Crippen molar-refractivity contribution >= 4 is 11.8 Å². The molecule has 2 fully saturated rings. The van der Waals surface area contributed by atoms with Crippen LogP contribution in [0.3, 0.4) is 0 Å². The van der Waals surface area contributed by atoms with Crippen molar-refractivity contribution in [1.29, 1.82) is 5.26 Å². The minimum absolute atomic E-state index is 0.269. The molecule has 5 unspecified atom stereocenters. The molecule has 1 saturated carbocycles. The van der Waals surface area contributed by atoms with Gasteiger partial charge in [0.2, 0.25) is 0 Å². The van der Waals surface area contributed by atoms with Crippen LogP contribution in [0.4, 0.5) is 0 Å². The van der Waals surface area contributed by atoms with Crippen LogP contribution in [0.15, 0.2) is 0 Å². The highest BCUT2D eigenvalue weighted by atomic mass is 32.2. The molecule has 1 saturated heterocycles. The summed E-state index contributed by atoms with van der Waals surface area (Å²) >= 11 is 2.09. The fourth-order valence-electron chi connectivity index (χ4n) is 3.84. The van der Waals surface area contributed by atoms with E-state index in [1.807, 2.05) is 0 Å². The SMILES string of the molecule is CCCC1CCC(C#N)C(N2CCSC(C)C2C)C1. The highest BCUT2D eigenvalue weighted by molar-refractivity contribution is 8.00. The second kappa shape index (κ2) is 6.99. The zero-order chi connectivity index (χ0) is 13.8. The molecule has 0 radical (unpaired) electrons. The lowest BCUT2D eigenvalue weighted by molar-refractivity contribution is 0.0685. The predicted octanol–water partition coefficient (Wildman–Crippen LogP) is 3.92. The fraction of sp³-hybridized carbons (Fsp3) is 0.938. The van der Waals surface area contributed by atoms with Crippen LogP contribution in [0, 0.1) is 23.2 Å². The van der Waals surface area contributed by atoms with Crippen molar-refractivity contribution in [2.75, 3.05) is 12.3 Å². The molecule has 0 aromatic carbocycles. The first kappa shape index (κ1) is 15.2. The molecule has 0 aromatic rings. The minimum Gasteiger partial charge on any atom is -0.294 e. The van der Waals surface area contributed by atoms with Gasteiger partial charge in [0.1, 0.15) is 0 Å². The van der Waals surface area contributed by atoms with Crippen molar-refractivity contribution in [2.24, 2.45) is 11.8 Å². The zero-order valence-corrected chi connectivity index (χ0v) is 13.5. The quantitative estimate of drug-likeness (QED) is 0.784. The first-order valence-electron chi connectivity index (χ1n) is 7.94. The summed E-state index contributed by atoms with van der Waals surface area (Å²) in [5.74, 6) is 2.36. The Labute approximate surface area is 122 Å². The molecule has 19 heavy (non-hydrogen) atoms. The highest BCUT2D eigenvalue weighted by Crippen LogP contribution is 2.37. The van der Waals surface area contributed by atoms with Gasteiger partial charge in [-0.3, -0.25) is 4.90 Å². The molecule has 5 atom stereocenters. The van der Waals surface area contributed by atoms with E-state index in [2.05, 4.69) is 43.5 Å². The topological polar surface area (TPSA) is 27.0 Å². The van der Waals surface area contributed by atoms with Gasteiger partial charge in [-0.05, 0) is 32.1 Å². The van der Waals surface area contributed by atoms with E-state index in [-0.39, 0.29) is 5.92 Å². The minimum atomic E-state index is 0.269. The van der Waals surface area contributed by atoms with Gasteiger partial charge in [0.05, 0.1) is 12.0 Å². The van der Waals surface area contributed by atoms with Gasteiger partial charge in [-0.1, -0.05) is 26.7 Å². The lowest BCUT2D eigenvalue weighted by Crippen LogP contribution is -2.54. The Bertz CT molecular complexity index is 325. The van der Waals surface area contributed by atoms with Crippen molar-refractivity contribution in [3.05, 3.63) is 0 Å². The Morgan fingerprint density at radius 2 is 2.11 bits per heavy atom. The number of hydrogen-bond donors (Lipinski definition) is 0. The zero-order valence-electron chi connectivity index (χ0n) is 12.6. The third-order valence-corrected chi connectivity index (χ3v) is 6.48. The third-order valence-electron chi connectivity index (χ3n) is 5.15. The molecule has 0 spiro atoms. The Balaban J connectivity index is 2.07. The Kier molecular flexibility index (Phi) is 5.59. The summed E-state index contributed by atoms with van der Waals surface area (Å²) in [5.41, 5.74) is 0. The van der Waals surface area contributed by atoms with E-state index in [0.717, 1.165) is 12.3 Å². The standard InChI is InChI=1S/C16H28N2S/c1-4-5-14-6-7-15(11-17)16(10-14)18-8-9-19-13(3)12(18)2/h12-16H,4-10H2,1-3H3. The van der Waals surface area contributed by atoms with Crippen molar-refractivity contribution in [3.8, 4) is 6.07 Å². The van der Waals surface area contributed by atoms with E-state index < -0.39 is 0 Å². The number of nitriles is 1. The maximum atomic E-state index is 9.48. The summed E-state index contributed by atoms with van der Waals surface area (Å²) in [4.78, 5) is 2.66. The molecule has 1 heterocycles. The van der Waals surface area contributed by atoms with Crippen molar-refractivity contribution < 1.29 is 0 Å². The number of rotatable bonds is 3. The first-order chi connectivity index (χ1) is 9.17. The summed E-state index contributed by atoms with van der Waals surface area (Å²) < 4.78 is 0. The molecule has 2 aliphatic rings. The molecule has 1 aliphatic carbocycles. The molecule has 0 aromatic heterocycles. The molecular weight excluding hydrogens is 252 g/mol. The molecule has 0 bridgehead atoms. The van der Waals surface area contributed by atoms with E-state index in [4.69, 9.17) is 0 Å². The summed E-state index contributed by atoms with van der Waals surface area (Å²) in [5, 5.41) is 10.2. The summed E-state index contributed by atoms with van der Waals surface area (Å²) in [7, 11) is 0. The van der Waals surface area contributed by atoms with Gasteiger partial charge < -0.3 is 0 Å². The Hall–Kier alpha value is -0.200. The summed E-state index contributed by atoms with van der Waals surface area (Å²) in [6, 6.07) is 3.75. The second-order valence-electron chi connectivity index (χ2n) is 6.33. The van der Waals surface area contributed by atoms with Crippen LogP contribution in [0.1, 0.15) is 52.9 Å². The molecule has 2 nitrogen and oxygen atoms in total. The normalized spacial score (nSPS) is 40.8. The third kappa shape index (κ3) is 3.47. The van der Waals surface area contributed by atoms with Gasteiger partial charge in [-0.15, -0.1) is 0 Å². The largest absolute Gasteiger partial charge is 0.294 e. The molecule has 3 heteroatoms. The van der Waals surface area contributed by atoms with E-state index in [1.54, 1.807) is 0 Å². The van der Waals surface area contributed by atoms with Crippen LogP contribution in [-0.2, 0) is 0 Å². The lowest BCUT2D eigenvalue weighted by atomic mass is 9.76. The van der Waals surface area contributed by atoms with Crippen molar-refractivity contribution in [2.45, 2.75) is 70.2 Å². The van der Waals surface area contributed by atoms with Gasteiger partial charge in [-0.2, -0.15) is 17.0 Å². The van der Waals surface area contributed by atoms with E-state index >= 15 is 0 Å². The van der Waals surface area contributed by atoms with Crippen molar-refractivity contribution in [1.82, 2.24) is 4.90 Å². The maximum Gasteiger partial charge on any atom is 0.0672 e. The van der Waals surface area contributed by atoms with Crippen LogP contribution < -0.4 is 0 Å². The number of thioether (sulfide) groups is 1. The number of nitrogens with zero attached hydrogens (tertiary/aromatic N) is 2. The van der Waals surface area contributed by atoms with E-state index in [0.29, 0.717) is 17.3 Å². The molecular formula is C16H28N2S. The Morgan fingerprint density at radius 3 is 2.79 bits per heavy atom. The van der Waals surface area contributed by atoms with Gasteiger partial charge in [0, 0.05) is 29.6 Å². The van der Waals surface area contributed by atoms with Crippen LogP contribution in [-0.4, -0.2) is 34.5 Å². The Morgan fingerprint density at radius 1 is 1.32 bits per heavy atom. The molecule has 0 N–H and O–H groups in total. The predicted molar refractivity (Wildman–Crippen MR) is 83.2 cm³/mol. The maximum absolute atomic E-state index is 9.48. The second-order valence-corrected chi connectivity index (χ2v) is 7.81. The van der Waals surface area contributed by atoms with Gasteiger partial charge >= 0.3 is 0 Å². The van der Waals surface area contributed by atoms with Gasteiger partial charge in [0.25, 0.3) is 0 Å². The molecule has 1 aliphatic heterocycles. The van der Waals surface area contributed by atoms with E-state index in [1.165, 1.54) is 38.0 Å². The van der Waals surface area contributed by atoms with Crippen LogP contribution in [0.5, 0.6) is 0 Å². The summed E-state index contributed by atoms with van der Waals surface area (Å²) in [6.07, 6.45) is 6.29. The first-order valence-corrected chi connectivity index (χ1v) is 8.99. The monoisotopic (exact) mass is 280 g/mol. The lowest BCUT2D eigenvalue weighted by Gasteiger charge is -2.47. The average molecular weight is 280 g/mol. The van der Waals surface area contributed by atoms with Crippen LogP contribution in [0.25, 0.3) is 0 Å². The fourth-order valence-corrected chi connectivity index (χ4v) is 4.97.